The van der Waals surface area contributed by atoms with Gasteiger partial charge in [-0.25, -0.2) is 0 Å². The molecule has 0 heterocycles. The topological polar surface area (TPSA) is 89.9 Å². The number of halogens is 2. The van der Waals surface area contributed by atoms with E-state index < -0.39 is 11.8 Å². The number of hydrogen-bond acceptors (Lipinski definition) is 4. The second kappa shape index (κ2) is 8.06. The molecule has 0 saturated heterocycles. The van der Waals surface area contributed by atoms with E-state index in [9.17, 15) is 9.59 Å². The summed E-state index contributed by atoms with van der Waals surface area (Å²) in [4.78, 5) is 24.7. The van der Waals surface area contributed by atoms with Gasteiger partial charge in [-0.2, -0.15) is 0 Å². The molecule has 1 rings (SSSR count). The van der Waals surface area contributed by atoms with Crippen LogP contribution in [0.25, 0.3) is 0 Å². The van der Waals surface area contributed by atoms with Crippen molar-refractivity contribution in [1.29, 1.82) is 0 Å². The molecule has 0 aliphatic rings. The van der Waals surface area contributed by atoms with Crippen molar-refractivity contribution in [3.8, 4) is 0 Å². The predicted octanol–water partition coefficient (Wildman–Crippen LogP) is 0.745. The highest BCUT2D eigenvalue weighted by Crippen LogP contribution is 2.25. The van der Waals surface area contributed by atoms with Gasteiger partial charge in [0, 0.05) is 18.1 Å². The summed E-state index contributed by atoms with van der Waals surface area (Å²) in [6, 6.07) is 4.45. The molecule has 0 bridgehead atoms. The molecular weight excluding hydrogens is 307 g/mol. The van der Waals surface area contributed by atoms with Crippen LogP contribution in [0.2, 0.25) is 10.0 Å². The standard InChI is InChI=1S/C12H14Cl2N2O4/c13-8-1-2-9(14)10(7-8)15-11(19)12(20)16(3-5-17)4-6-18/h1-2,7,17-18H,3-6H2,(H,15,19). The first-order chi connectivity index (χ1) is 9.49. The highest BCUT2D eigenvalue weighted by Gasteiger charge is 2.21. The largest absolute Gasteiger partial charge is 0.395 e. The maximum absolute atomic E-state index is 11.8. The molecule has 1 aromatic rings. The van der Waals surface area contributed by atoms with Crippen LogP contribution in [0.4, 0.5) is 5.69 Å². The number of benzene rings is 1. The Morgan fingerprint density at radius 3 is 2.30 bits per heavy atom. The first-order valence-corrected chi connectivity index (χ1v) is 6.52. The van der Waals surface area contributed by atoms with Crippen LogP contribution >= 0.6 is 23.2 Å². The number of carbonyl (C=O) groups excluding carboxylic acids is 2. The van der Waals surface area contributed by atoms with Gasteiger partial charge in [-0.15, -0.1) is 0 Å². The van der Waals surface area contributed by atoms with Crippen molar-refractivity contribution in [1.82, 2.24) is 4.90 Å². The maximum Gasteiger partial charge on any atom is 0.313 e. The molecule has 0 atom stereocenters. The lowest BCUT2D eigenvalue weighted by Crippen LogP contribution is -2.42. The third-order valence-corrected chi connectivity index (χ3v) is 2.96. The zero-order chi connectivity index (χ0) is 15.1. The van der Waals surface area contributed by atoms with E-state index in [0.29, 0.717) is 5.02 Å². The smallest absolute Gasteiger partial charge is 0.313 e. The van der Waals surface area contributed by atoms with Crippen LogP contribution in [0.15, 0.2) is 18.2 Å². The van der Waals surface area contributed by atoms with Gasteiger partial charge < -0.3 is 20.4 Å². The van der Waals surface area contributed by atoms with Gasteiger partial charge in [-0.3, -0.25) is 9.59 Å². The van der Waals surface area contributed by atoms with Crippen molar-refractivity contribution in [2.45, 2.75) is 0 Å². The van der Waals surface area contributed by atoms with Crippen LogP contribution in [0, 0.1) is 0 Å². The third-order valence-electron chi connectivity index (χ3n) is 2.40. The van der Waals surface area contributed by atoms with Crippen LogP contribution in [0.1, 0.15) is 0 Å². The van der Waals surface area contributed by atoms with E-state index in [2.05, 4.69) is 5.32 Å². The number of amides is 2. The molecule has 0 unspecified atom stereocenters. The molecule has 6 nitrogen and oxygen atoms in total. The summed E-state index contributed by atoms with van der Waals surface area (Å²) in [6.45, 7) is -0.708. The number of nitrogens with one attached hydrogen (secondary N) is 1. The highest BCUT2D eigenvalue weighted by molar-refractivity contribution is 6.42. The molecule has 0 aliphatic heterocycles. The van der Waals surface area contributed by atoms with E-state index in [4.69, 9.17) is 33.4 Å². The summed E-state index contributed by atoms with van der Waals surface area (Å²) < 4.78 is 0. The molecule has 0 aromatic heterocycles. The zero-order valence-corrected chi connectivity index (χ0v) is 12.0. The maximum atomic E-state index is 11.8. The molecule has 0 fully saturated rings. The van der Waals surface area contributed by atoms with Gasteiger partial charge in [0.25, 0.3) is 0 Å². The molecule has 0 saturated carbocycles. The minimum atomic E-state index is -0.920. The molecule has 110 valence electrons. The minimum absolute atomic E-state index is 0.0455. The normalized spacial score (nSPS) is 10.2. The number of aliphatic hydroxyl groups excluding tert-OH is 2. The Morgan fingerprint density at radius 1 is 1.15 bits per heavy atom. The van der Waals surface area contributed by atoms with Crippen LogP contribution in [-0.2, 0) is 9.59 Å². The monoisotopic (exact) mass is 320 g/mol. The van der Waals surface area contributed by atoms with E-state index in [1.54, 1.807) is 6.07 Å². The van der Waals surface area contributed by atoms with E-state index in [1.165, 1.54) is 12.1 Å². The fourth-order valence-corrected chi connectivity index (χ4v) is 1.81. The van der Waals surface area contributed by atoms with E-state index in [1.807, 2.05) is 0 Å². The van der Waals surface area contributed by atoms with Crippen molar-refractivity contribution >= 4 is 40.7 Å². The first-order valence-electron chi connectivity index (χ1n) is 5.76. The molecule has 1 aromatic carbocycles. The summed E-state index contributed by atoms with van der Waals surface area (Å²) in [5.41, 5.74) is 0.213. The lowest BCUT2D eigenvalue weighted by Gasteiger charge is -2.20. The van der Waals surface area contributed by atoms with Crippen molar-refractivity contribution in [2.24, 2.45) is 0 Å². The minimum Gasteiger partial charge on any atom is -0.395 e. The fraction of sp³-hybridized carbons (Fsp3) is 0.333. The molecule has 0 spiro atoms. The van der Waals surface area contributed by atoms with Crippen LogP contribution in [-0.4, -0.2) is 53.2 Å². The SMILES string of the molecule is O=C(Nc1cc(Cl)ccc1Cl)C(=O)N(CCO)CCO. The van der Waals surface area contributed by atoms with Gasteiger partial charge in [0.15, 0.2) is 0 Å². The third kappa shape index (κ3) is 4.64. The van der Waals surface area contributed by atoms with Gasteiger partial charge >= 0.3 is 11.8 Å². The number of rotatable bonds is 5. The van der Waals surface area contributed by atoms with Gasteiger partial charge in [0.1, 0.15) is 0 Å². The molecule has 0 radical (unpaired) electrons. The van der Waals surface area contributed by atoms with Gasteiger partial charge in [-0.1, -0.05) is 23.2 Å². The Labute approximate surface area is 125 Å². The van der Waals surface area contributed by atoms with Gasteiger partial charge in [-0.05, 0) is 18.2 Å². The van der Waals surface area contributed by atoms with Crippen LogP contribution in [0.5, 0.6) is 0 Å². The Morgan fingerprint density at radius 2 is 1.75 bits per heavy atom. The summed E-state index contributed by atoms with van der Waals surface area (Å²) in [5.74, 6) is -1.79. The summed E-state index contributed by atoms with van der Waals surface area (Å²) in [6.07, 6.45) is 0. The quantitative estimate of drug-likeness (QED) is 0.698. The average Bonchev–Trinajstić information content (AvgIpc) is 2.41. The molecule has 20 heavy (non-hydrogen) atoms. The van der Waals surface area contributed by atoms with Crippen LogP contribution in [0.3, 0.4) is 0 Å². The number of nitrogens with zero attached hydrogens (tertiary/aromatic N) is 1. The zero-order valence-electron chi connectivity index (χ0n) is 10.5. The highest BCUT2D eigenvalue weighted by atomic mass is 35.5. The van der Waals surface area contributed by atoms with E-state index in [-0.39, 0.29) is 37.0 Å². The van der Waals surface area contributed by atoms with Crippen molar-refractivity contribution in [3.05, 3.63) is 28.2 Å². The first kappa shape index (κ1) is 16.7. The number of hydrogen-bond donors (Lipinski definition) is 3. The second-order valence-corrected chi connectivity index (χ2v) is 4.66. The summed E-state index contributed by atoms with van der Waals surface area (Å²) in [5, 5.41) is 20.6. The molecule has 8 heteroatoms. The lowest BCUT2D eigenvalue weighted by atomic mass is 10.3. The molecular formula is C12H14Cl2N2O4. The Balaban J connectivity index is 2.78. The van der Waals surface area contributed by atoms with Crippen molar-refractivity contribution in [3.63, 3.8) is 0 Å². The molecule has 2 amide bonds. The van der Waals surface area contributed by atoms with Crippen LogP contribution < -0.4 is 5.32 Å². The summed E-state index contributed by atoms with van der Waals surface area (Å²) in [7, 11) is 0. The summed E-state index contributed by atoms with van der Waals surface area (Å²) >= 11 is 11.6. The Kier molecular flexibility index (Phi) is 6.74. The van der Waals surface area contributed by atoms with E-state index in [0.717, 1.165) is 4.90 Å². The van der Waals surface area contributed by atoms with E-state index >= 15 is 0 Å². The van der Waals surface area contributed by atoms with Crippen molar-refractivity contribution < 1.29 is 19.8 Å². The van der Waals surface area contributed by atoms with Crippen molar-refractivity contribution in [2.75, 3.05) is 31.6 Å². The number of aliphatic hydroxyl groups is 2. The number of carbonyl (C=O) groups is 2. The predicted molar refractivity (Wildman–Crippen MR) is 75.8 cm³/mol. The Hall–Kier alpha value is -1.34. The van der Waals surface area contributed by atoms with Gasteiger partial charge in [0.05, 0.1) is 23.9 Å². The number of anilines is 1. The average molecular weight is 321 g/mol. The lowest BCUT2D eigenvalue weighted by molar-refractivity contribution is -0.143. The molecule has 0 aliphatic carbocycles. The van der Waals surface area contributed by atoms with Gasteiger partial charge in [0.2, 0.25) is 0 Å². The fourth-order valence-electron chi connectivity index (χ4n) is 1.47. The second-order valence-electron chi connectivity index (χ2n) is 3.82. The molecule has 3 N–H and O–H groups in total. The Bertz CT molecular complexity index is 490.